The third kappa shape index (κ3) is 6.24. The topological polar surface area (TPSA) is 112 Å². The molecule has 25 heavy (non-hydrogen) atoms. The number of benzene rings is 1. The Balaban J connectivity index is 1.85. The van der Waals surface area contributed by atoms with E-state index in [4.69, 9.17) is 15.2 Å². The molecule has 0 saturated heterocycles. The minimum Gasteiger partial charge on any atom is -0.493 e. The number of hydrogen-bond donors (Lipinski definition) is 2. The highest BCUT2D eigenvalue weighted by Crippen LogP contribution is 2.27. The number of thioether (sulfide) groups is 1. The van der Waals surface area contributed by atoms with E-state index in [1.807, 2.05) is 19.1 Å². The van der Waals surface area contributed by atoms with E-state index < -0.39 is 0 Å². The molecule has 0 aliphatic rings. The molecule has 1 aromatic carbocycles. The second-order valence-corrected chi connectivity index (χ2v) is 6.98. The maximum absolute atomic E-state index is 11.7. The van der Waals surface area contributed by atoms with Crippen molar-refractivity contribution in [1.29, 1.82) is 0 Å². The summed E-state index contributed by atoms with van der Waals surface area (Å²) in [7, 11) is 1.58. The van der Waals surface area contributed by atoms with E-state index in [1.54, 1.807) is 13.2 Å². The highest BCUT2D eigenvalue weighted by Gasteiger charge is 2.07. The molecule has 1 amide bonds. The number of methoxy groups -OCH3 is 1. The number of nitrogens with two attached hydrogens (primary N) is 1. The van der Waals surface area contributed by atoms with Crippen molar-refractivity contribution in [3.05, 3.63) is 23.8 Å². The zero-order valence-electron chi connectivity index (χ0n) is 13.9. The minimum absolute atomic E-state index is 0.180. The Bertz CT molecular complexity index is 736. The molecule has 8 nitrogen and oxygen atoms in total. The lowest BCUT2D eigenvalue weighted by Crippen LogP contribution is -2.19. The van der Waals surface area contributed by atoms with Crippen molar-refractivity contribution in [3.63, 3.8) is 0 Å². The number of nitrogen functional groups attached to an aromatic ring is 1. The van der Waals surface area contributed by atoms with Gasteiger partial charge in [-0.3, -0.25) is 4.79 Å². The molecular formula is C15H19N5O3S2. The zero-order valence-corrected chi connectivity index (χ0v) is 15.5. The van der Waals surface area contributed by atoms with Crippen LogP contribution in [0.3, 0.4) is 0 Å². The molecule has 3 N–H and O–H groups in total. The van der Waals surface area contributed by atoms with Gasteiger partial charge in [0.2, 0.25) is 5.13 Å². The van der Waals surface area contributed by atoms with E-state index in [0.717, 1.165) is 12.0 Å². The molecule has 1 aromatic heterocycles. The fourth-order valence-corrected chi connectivity index (χ4v) is 3.14. The smallest absolute Gasteiger partial charge is 0.250 e. The molecule has 0 atom stereocenters. The molecule has 0 unspecified atom stereocenters. The fraction of sp³-hybridized carbons (Fsp3) is 0.333. The van der Waals surface area contributed by atoms with Crippen molar-refractivity contribution in [2.24, 2.45) is 5.10 Å². The van der Waals surface area contributed by atoms with Crippen molar-refractivity contribution >= 4 is 40.4 Å². The van der Waals surface area contributed by atoms with E-state index in [0.29, 0.717) is 27.6 Å². The highest BCUT2D eigenvalue weighted by atomic mass is 32.2. The Morgan fingerprint density at radius 1 is 1.44 bits per heavy atom. The van der Waals surface area contributed by atoms with Gasteiger partial charge < -0.3 is 15.2 Å². The van der Waals surface area contributed by atoms with Crippen molar-refractivity contribution in [2.75, 3.05) is 25.2 Å². The summed E-state index contributed by atoms with van der Waals surface area (Å²) in [5, 5.41) is 11.8. The number of nitrogens with one attached hydrogen (secondary N) is 1. The summed E-state index contributed by atoms with van der Waals surface area (Å²) in [6, 6.07) is 5.44. The van der Waals surface area contributed by atoms with Crippen LogP contribution in [-0.4, -0.2) is 41.8 Å². The molecule has 0 bridgehead atoms. The zero-order chi connectivity index (χ0) is 18.1. The van der Waals surface area contributed by atoms with Crippen LogP contribution >= 0.6 is 23.1 Å². The Morgan fingerprint density at radius 3 is 2.96 bits per heavy atom. The van der Waals surface area contributed by atoms with Crippen molar-refractivity contribution in [3.8, 4) is 11.5 Å². The maximum Gasteiger partial charge on any atom is 0.250 e. The number of rotatable bonds is 9. The normalized spacial score (nSPS) is 10.8. The number of anilines is 1. The Hall–Kier alpha value is -2.33. The average molecular weight is 381 g/mol. The second kappa shape index (κ2) is 9.84. The van der Waals surface area contributed by atoms with Crippen LogP contribution in [0.1, 0.15) is 18.9 Å². The number of carbonyl (C=O) groups is 1. The van der Waals surface area contributed by atoms with Crippen molar-refractivity contribution < 1.29 is 14.3 Å². The van der Waals surface area contributed by atoms with Crippen LogP contribution in [0.2, 0.25) is 0 Å². The lowest BCUT2D eigenvalue weighted by atomic mass is 10.2. The maximum atomic E-state index is 11.7. The first kappa shape index (κ1) is 19.0. The number of ether oxygens (including phenoxy) is 2. The molecule has 0 fully saturated rings. The van der Waals surface area contributed by atoms with Gasteiger partial charge in [0.25, 0.3) is 5.91 Å². The van der Waals surface area contributed by atoms with Gasteiger partial charge >= 0.3 is 0 Å². The largest absolute Gasteiger partial charge is 0.493 e. The van der Waals surface area contributed by atoms with Crippen LogP contribution in [0, 0.1) is 0 Å². The highest BCUT2D eigenvalue weighted by molar-refractivity contribution is 8.01. The summed E-state index contributed by atoms with van der Waals surface area (Å²) in [5.74, 6) is 1.23. The predicted molar refractivity (Wildman–Crippen MR) is 99.6 cm³/mol. The van der Waals surface area contributed by atoms with Gasteiger partial charge in [0.05, 0.1) is 25.7 Å². The Labute approximate surface area is 153 Å². The quantitative estimate of drug-likeness (QED) is 0.389. The first-order valence-corrected chi connectivity index (χ1v) is 9.27. The third-order valence-electron chi connectivity index (χ3n) is 2.80. The van der Waals surface area contributed by atoms with Crippen LogP contribution in [0.15, 0.2) is 27.6 Å². The van der Waals surface area contributed by atoms with E-state index >= 15 is 0 Å². The number of amides is 1. The molecule has 2 aromatic rings. The summed E-state index contributed by atoms with van der Waals surface area (Å²) in [5.41, 5.74) is 8.72. The van der Waals surface area contributed by atoms with Crippen LogP contribution < -0.4 is 20.6 Å². The van der Waals surface area contributed by atoms with Crippen LogP contribution in [0.5, 0.6) is 11.5 Å². The van der Waals surface area contributed by atoms with Gasteiger partial charge in [-0.05, 0) is 30.2 Å². The standard InChI is InChI=1S/C15H19N5O3S2/c1-3-6-23-11-5-4-10(7-12(11)22-2)8-17-18-13(21)9-24-15-20-19-14(16)25-15/h4-5,7-8H,3,6,9H2,1-2H3,(H2,16,19)(H,18,21). The van der Waals surface area contributed by atoms with Gasteiger partial charge in [-0.15, -0.1) is 10.2 Å². The lowest BCUT2D eigenvalue weighted by molar-refractivity contribution is -0.118. The molecule has 0 radical (unpaired) electrons. The minimum atomic E-state index is -0.245. The average Bonchev–Trinajstić information content (AvgIpc) is 3.04. The van der Waals surface area contributed by atoms with E-state index in [-0.39, 0.29) is 11.7 Å². The van der Waals surface area contributed by atoms with Gasteiger partial charge in [-0.25, -0.2) is 5.43 Å². The van der Waals surface area contributed by atoms with Gasteiger partial charge in [-0.1, -0.05) is 30.0 Å². The molecule has 0 saturated carbocycles. The van der Waals surface area contributed by atoms with Gasteiger partial charge in [0.15, 0.2) is 15.8 Å². The first-order chi connectivity index (χ1) is 12.1. The van der Waals surface area contributed by atoms with Crippen LogP contribution in [-0.2, 0) is 4.79 Å². The van der Waals surface area contributed by atoms with E-state index in [9.17, 15) is 4.79 Å². The first-order valence-electron chi connectivity index (χ1n) is 7.47. The predicted octanol–water partition coefficient (Wildman–Crippen LogP) is 2.16. The van der Waals surface area contributed by atoms with Crippen LogP contribution in [0.25, 0.3) is 0 Å². The summed E-state index contributed by atoms with van der Waals surface area (Å²) in [6.07, 6.45) is 2.46. The number of aromatic nitrogens is 2. The summed E-state index contributed by atoms with van der Waals surface area (Å²) < 4.78 is 11.5. The lowest BCUT2D eigenvalue weighted by Gasteiger charge is -2.10. The summed E-state index contributed by atoms with van der Waals surface area (Å²) in [6.45, 7) is 2.66. The number of carbonyl (C=O) groups excluding carboxylic acids is 1. The monoisotopic (exact) mass is 381 g/mol. The van der Waals surface area contributed by atoms with Gasteiger partial charge in [-0.2, -0.15) is 5.10 Å². The number of hydrogen-bond acceptors (Lipinski definition) is 9. The molecule has 10 heteroatoms. The molecule has 134 valence electrons. The van der Waals surface area contributed by atoms with E-state index in [1.165, 1.54) is 29.3 Å². The van der Waals surface area contributed by atoms with Gasteiger partial charge in [0, 0.05) is 0 Å². The summed E-state index contributed by atoms with van der Waals surface area (Å²) >= 11 is 2.49. The Morgan fingerprint density at radius 2 is 2.28 bits per heavy atom. The third-order valence-corrected chi connectivity index (χ3v) is 4.69. The van der Waals surface area contributed by atoms with E-state index in [2.05, 4.69) is 20.7 Å². The van der Waals surface area contributed by atoms with Crippen LogP contribution in [0.4, 0.5) is 5.13 Å². The van der Waals surface area contributed by atoms with Crippen molar-refractivity contribution in [1.82, 2.24) is 15.6 Å². The molecule has 0 spiro atoms. The molecule has 1 heterocycles. The number of hydrazone groups is 1. The molecule has 0 aliphatic heterocycles. The molecule has 0 aliphatic carbocycles. The SMILES string of the molecule is CCCOc1ccc(C=NNC(=O)CSc2nnc(N)s2)cc1OC. The molecular weight excluding hydrogens is 362 g/mol. The summed E-state index contributed by atoms with van der Waals surface area (Å²) in [4.78, 5) is 11.7. The second-order valence-electron chi connectivity index (χ2n) is 4.75. The van der Waals surface area contributed by atoms with Crippen molar-refractivity contribution in [2.45, 2.75) is 17.7 Å². The van der Waals surface area contributed by atoms with Gasteiger partial charge in [0.1, 0.15) is 0 Å². The number of nitrogens with zero attached hydrogens (tertiary/aromatic N) is 3. The molecule has 2 rings (SSSR count). The Kier molecular flexibility index (Phi) is 7.48. The fourth-order valence-electron chi connectivity index (χ4n) is 1.71.